The second-order valence-corrected chi connectivity index (χ2v) is 10.1. The van der Waals surface area contributed by atoms with Crippen molar-refractivity contribution in [2.75, 3.05) is 4.90 Å². The van der Waals surface area contributed by atoms with Crippen molar-refractivity contribution in [3.63, 3.8) is 0 Å². The lowest BCUT2D eigenvalue weighted by molar-refractivity contribution is 0.680. The summed E-state index contributed by atoms with van der Waals surface area (Å²) in [6.07, 6.45) is 21.8. The van der Waals surface area contributed by atoms with E-state index in [1.807, 2.05) is 44.2 Å². The van der Waals surface area contributed by atoms with Crippen molar-refractivity contribution in [1.29, 1.82) is 0 Å². The summed E-state index contributed by atoms with van der Waals surface area (Å²) in [5, 5.41) is 0. The second kappa shape index (κ2) is 16.7. The summed E-state index contributed by atoms with van der Waals surface area (Å²) in [6, 6.07) is 31.6. The van der Waals surface area contributed by atoms with Gasteiger partial charge in [-0.3, -0.25) is 0 Å². The first-order valence-electron chi connectivity index (χ1n) is 15.4. The number of benzene rings is 3. The number of aryl methyl sites for hydroxylation is 1. The molecule has 0 spiro atoms. The highest BCUT2D eigenvalue weighted by Gasteiger charge is 2.48. The van der Waals surface area contributed by atoms with Gasteiger partial charge in [0, 0.05) is 5.69 Å². The molecule has 0 radical (unpaired) electrons. The zero-order valence-corrected chi connectivity index (χ0v) is 26.6. The number of para-hydroxylation sites is 1. The minimum absolute atomic E-state index is 0.469. The van der Waals surface area contributed by atoms with Crippen molar-refractivity contribution >= 4 is 5.69 Å². The second-order valence-electron chi connectivity index (χ2n) is 10.1. The molecule has 0 N–H and O–H groups in total. The molecule has 1 heteroatoms. The molecule has 0 bridgehead atoms. The fourth-order valence-electron chi connectivity index (χ4n) is 5.88. The summed E-state index contributed by atoms with van der Waals surface area (Å²) in [7, 11) is 0. The summed E-state index contributed by atoms with van der Waals surface area (Å²) >= 11 is 0. The minimum Gasteiger partial charge on any atom is -0.310 e. The Balaban J connectivity index is 0.000000487. The van der Waals surface area contributed by atoms with E-state index >= 15 is 0 Å². The van der Waals surface area contributed by atoms with Gasteiger partial charge >= 0.3 is 0 Å². The van der Waals surface area contributed by atoms with Gasteiger partial charge in [-0.15, -0.1) is 0 Å². The maximum Gasteiger partial charge on any atom is 0.0735 e. The van der Waals surface area contributed by atoms with Crippen LogP contribution in [0.5, 0.6) is 0 Å². The third-order valence-electron chi connectivity index (χ3n) is 7.52. The highest BCUT2D eigenvalue weighted by Crippen LogP contribution is 2.56. The maximum absolute atomic E-state index is 4.30. The molecular weight excluding hydrogens is 518 g/mol. The van der Waals surface area contributed by atoms with Crippen molar-refractivity contribution in [3.8, 4) is 0 Å². The predicted octanol–water partition coefficient (Wildman–Crippen LogP) is 11.8. The molecule has 0 fully saturated rings. The Morgan fingerprint density at radius 3 is 1.86 bits per heavy atom. The van der Waals surface area contributed by atoms with E-state index in [9.17, 15) is 0 Å². The monoisotopic (exact) mass is 565 g/mol. The number of rotatable bonds is 6. The van der Waals surface area contributed by atoms with E-state index in [0.29, 0.717) is 0 Å². The van der Waals surface area contributed by atoms with Crippen molar-refractivity contribution in [2.45, 2.75) is 52.9 Å². The van der Waals surface area contributed by atoms with Crippen LogP contribution in [0, 0.1) is 6.92 Å². The standard InChI is InChI=1S/C33H33N.C7H8.C2H6/c1-5-18-30-31(8-4)34(28-24-16-11-17-25-28)32(19-6-2)29(7-3)33(30,26-20-12-9-13-21-26)27-22-14-10-15-23-27;1-7-5-3-2-4-6-7;1-2/h5-9,11-14,16-25H,2,4,10,15H2,1,3H3;2-6H,1H3;1-2H3/b18-5-,29-7+,32-19+;;. The van der Waals surface area contributed by atoms with Gasteiger partial charge in [-0.1, -0.05) is 154 Å². The van der Waals surface area contributed by atoms with Crippen LogP contribution in [0.15, 0.2) is 187 Å². The van der Waals surface area contributed by atoms with E-state index in [-0.39, 0.29) is 0 Å². The van der Waals surface area contributed by atoms with Crippen LogP contribution in [0.3, 0.4) is 0 Å². The highest BCUT2D eigenvalue weighted by molar-refractivity contribution is 5.79. The molecule has 0 saturated carbocycles. The molecule has 1 aliphatic carbocycles. The van der Waals surface area contributed by atoms with Crippen LogP contribution in [0.25, 0.3) is 0 Å². The molecule has 1 aliphatic heterocycles. The first kappa shape index (κ1) is 32.9. The van der Waals surface area contributed by atoms with Gasteiger partial charge in [0.05, 0.1) is 16.8 Å². The molecule has 220 valence electrons. The molecule has 0 aromatic heterocycles. The number of hydrogen-bond donors (Lipinski definition) is 0. The lowest BCUT2D eigenvalue weighted by atomic mass is 9.59. The van der Waals surface area contributed by atoms with E-state index in [1.54, 1.807) is 0 Å². The Kier molecular flexibility index (Phi) is 12.8. The van der Waals surface area contributed by atoms with Gasteiger partial charge in [-0.2, -0.15) is 0 Å². The van der Waals surface area contributed by atoms with Gasteiger partial charge in [0.2, 0.25) is 0 Å². The van der Waals surface area contributed by atoms with Crippen molar-refractivity contribution in [2.24, 2.45) is 0 Å². The molecule has 0 saturated heterocycles. The summed E-state index contributed by atoms with van der Waals surface area (Å²) in [5.74, 6) is 0. The normalized spacial score (nSPS) is 19.7. The van der Waals surface area contributed by atoms with E-state index < -0.39 is 5.41 Å². The molecule has 0 amide bonds. The summed E-state index contributed by atoms with van der Waals surface area (Å²) in [4.78, 5) is 2.31. The zero-order valence-electron chi connectivity index (χ0n) is 26.6. The van der Waals surface area contributed by atoms with Crippen molar-refractivity contribution < 1.29 is 0 Å². The SMILES string of the molecule is C=C/C=C1\C(=C/C)C(C2=CCCC=C2)(c2ccccc2)C(/C=C\C)=C(C=C)N1c1ccccc1.CC.Cc1ccccc1. The Morgan fingerprint density at radius 2 is 1.40 bits per heavy atom. The van der Waals surface area contributed by atoms with Crippen molar-refractivity contribution in [1.82, 2.24) is 0 Å². The smallest absolute Gasteiger partial charge is 0.0735 e. The Morgan fingerprint density at radius 1 is 0.791 bits per heavy atom. The van der Waals surface area contributed by atoms with Crippen LogP contribution in [0.1, 0.15) is 51.7 Å². The Bertz CT molecular complexity index is 1510. The summed E-state index contributed by atoms with van der Waals surface area (Å²) in [6.45, 7) is 18.7. The van der Waals surface area contributed by atoms with Crippen LogP contribution in [0.2, 0.25) is 0 Å². The fourth-order valence-corrected chi connectivity index (χ4v) is 5.88. The van der Waals surface area contributed by atoms with Gasteiger partial charge in [0.1, 0.15) is 0 Å². The zero-order chi connectivity index (χ0) is 31.1. The van der Waals surface area contributed by atoms with Crippen LogP contribution in [0.4, 0.5) is 5.69 Å². The number of allylic oxidation sites excluding steroid dienone is 12. The number of hydrogen-bond acceptors (Lipinski definition) is 1. The molecule has 43 heavy (non-hydrogen) atoms. The number of nitrogens with zero attached hydrogens (tertiary/aromatic N) is 1. The maximum atomic E-state index is 4.30. The van der Waals surface area contributed by atoms with E-state index in [1.165, 1.54) is 27.8 Å². The van der Waals surface area contributed by atoms with Crippen molar-refractivity contribution in [3.05, 3.63) is 198 Å². The summed E-state index contributed by atoms with van der Waals surface area (Å²) in [5.41, 5.74) is 9.13. The van der Waals surface area contributed by atoms with Gasteiger partial charge < -0.3 is 4.90 Å². The van der Waals surface area contributed by atoms with Crippen LogP contribution in [-0.2, 0) is 5.41 Å². The molecular formula is C42H47N. The minimum atomic E-state index is -0.469. The molecule has 5 rings (SSSR count). The topological polar surface area (TPSA) is 3.24 Å². The largest absolute Gasteiger partial charge is 0.310 e. The molecule has 1 nitrogen and oxygen atoms in total. The van der Waals surface area contributed by atoms with Crippen LogP contribution >= 0.6 is 0 Å². The van der Waals surface area contributed by atoms with Gasteiger partial charge in [0.15, 0.2) is 0 Å². The quantitative estimate of drug-likeness (QED) is 0.287. The molecule has 3 aromatic rings. The lowest BCUT2D eigenvalue weighted by Gasteiger charge is -2.49. The first-order chi connectivity index (χ1) is 21.1. The Hall–Kier alpha value is -4.62. The van der Waals surface area contributed by atoms with Gasteiger partial charge in [-0.25, -0.2) is 0 Å². The van der Waals surface area contributed by atoms with Crippen LogP contribution in [-0.4, -0.2) is 0 Å². The van der Waals surface area contributed by atoms with Crippen LogP contribution < -0.4 is 4.90 Å². The summed E-state index contributed by atoms with van der Waals surface area (Å²) < 4.78 is 0. The van der Waals surface area contributed by atoms with Gasteiger partial charge in [-0.05, 0) is 80.2 Å². The predicted molar refractivity (Wildman–Crippen MR) is 190 cm³/mol. The van der Waals surface area contributed by atoms with E-state index in [2.05, 4.69) is 154 Å². The average Bonchev–Trinajstić information content (AvgIpc) is 3.07. The van der Waals surface area contributed by atoms with Gasteiger partial charge in [0.25, 0.3) is 0 Å². The molecule has 3 aromatic carbocycles. The average molecular weight is 566 g/mol. The molecule has 2 aliphatic rings. The molecule has 1 atom stereocenters. The van der Waals surface area contributed by atoms with E-state index in [4.69, 9.17) is 0 Å². The fraction of sp³-hybridized carbons (Fsp3) is 0.190. The first-order valence-corrected chi connectivity index (χ1v) is 15.4. The molecule has 1 unspecified atom stereocenters. The van der Waals surface area contributed by atoms with E-state index in [0.717, 1.165) is 29.9 Å². The Labute approximate surface area is 261 Å². The highest BCUT2D eigenvalue weighted by atomic mass is 15.2. The third kappa shape index (κ3) is 7.07. The molecule has 1 heterocycles. The lowest BCUT2D eigenvalue weighted by Crippen LogP contribution is -2.43. The number of anilines is 1. The third-order valence-corrected chi connectivity index (χ3v) is 7.52.